The Hall–Kier alpha value is -1.40. The lowest BCUT2D eigenvalue weighted by Crippen LogP contribution is -2.24. The molecule has 0 aliphatic carbocycles. The van der Waals surface area contributed by atoms with E-state index in [1.807, 2.05) is 0 Å². The van der Waals surface area contributed by atoms with Gasteiger partial charge in [0.05, 0.1) is 11.4 Å². The summed E-state index contributed by atoms with van der Waals surface area (Å²) in [6, 6.07) is 3.12. The van der Waals surface area contributed by atoms with E-state index in [1.165, 1.54) is 18.3 Å². The predicted molar refractivity (Wildman–Crippen MR) is 66.7 cm³/mol. The van der Waals surface area contributed by atoms with Crippen molar-refractivity contribution in [2.45, 2.75) is 0 Å². The number of aromatic nitrogens is 1. The molecule has 0 spiro atoms. The molecule has 0 bridgehead atoms. The number of hydrogen-bond donors (Lipinski definition) is 1. The van der Waals surface area contributed by atoms with Gasteiger partial charge >= 0.3 is 0 Å². The molecule has 17 heavy (non-hydrogen) atoms. The van der Waals surface area contributed by atoms with Gasteiger partial charge in [0.15, 0.2) is 15.0 Å². The number of carbonyl (C=O) groups is 1. The topological polar surface area (TPSA) is 76.1 Å². The second-order valence-electron chi connectivity index (χ2n) is 3.23. The van der Waals surface area contributed by atoms with Gasteiger partial charge in [0.25, 0.3) is 0 Å². The molecule has 0 aromatic carbocycles. The van der Waals surface area contributed by atoms with E-state index in [2.05, 4.69) is 16.9 Å². The maximum atomic E-state index is 11.4. The Morgan fingerprint density at radius 3 is 2.88 bits per heavy atom. The van der Waals surface area contributed by atoms with Crippen LogP contribution in [0.3, 0.4) is 0 Å². The van der Waals surface area contributed by atoms with Crippen LogP contribution < -0.4 is 5.32 Å². The maximum absolute atomic E-state index is 11.4. The number of hydrogen-bond acceptors (Lipinski definition) is 4. The van der Waals surface area contributed by atoms with E-state index in [0.29, 0.717) is 0 Å². The summed E-state index contributed by atoms with van der Waals surface area (Å²) in [5, 5.41) is 2.49. The van der Waals surface area contributed by atoms with Crippen molar-refractivity contribution in [2.75, 3.05) is 16.8 Å². The van der Waals surface area contributed by atoms with Gasteiger partial charge in [-0.05, 0) is 12.1 Å². The van der Waals surface area contributed by atoms with Crippen molar-refractivity contribution in [3.63, 3.8) is 0 Å². The first-order valence-corrected chi connectivity index (χ1v) is 6.86. The van der Waals surface area contributed by atoms with Crippen LogP contribution in [0, 0.1) is 0 Å². The molecule has 0 fully saturated rings. The van der Waals surface area contributed by atoms with E-state index in [4.69, 9.17) is 11.6 Å². The fourth-order valence-corrected chi connectivity index (χ4v) is 2.22. The lowest BCUT2D eigenvalue weighted by molar-refractivity contribution is -0.113. The van der Waals surface area contributed by atoms with E-state index in [0.717, 1.165) is 0 Å². The highest BCUT2D eigenvalue weighted by molar-refractivity contribution is 7.92. The fourth-order valence-electron chi connectivity index (χ4n) is 1.10. The Morgan fingerprint density at radius 1 is 1.59 bits per heavy atom. The number of carbonyl (C=O) groups excluding carboxylic acids is 1. The van der Waals surface area contributed by atoms with Crippen LogP contribution in [0.4, 0.5) is 5.69 Å². The van der Waals surface area contributed by atoms with E-state index in [9.17, 15) is 13.2 Å². The molecule has 5 nitrogen and oxygen atoms in total. The van der Waals surface area contributed by atoms with Crippen molar-refractivity contribution >= 4 is 33.0 Å². The summed E-state index contributed by atoms with van der Waals surface area (Å²) in [5.41, 5.74) is 0.285. The highest BCUT2D eigenvalue weighted by Gasteiger charge is 2.15. The van der Waals surface area contributed by atoms with Crippen LogP contribution in [0.15, 0.2) is 31.0 Å². The van der Waals surface area contributed by atoms with Crippen molar-refractivity contribution in [1.82, 2.24) is 4.98 Å². The average Bonchev–Trinajstić information content (AvgIpc) is 2.20. The number of amides is 1. The van der Waals surface area contributed by atoms with Crippen LogP contribution in [0.2, 0.25) is 5.15 Å². The summed E-state index contributed by atoms with van der Waals surface area (Å²) < 4.78 is 22.7. The van der Waals surface area contributed by atoms with Crippen LogP contribution in [0.5, 0.6) is 0 Å². The van der Waals surface area contributed by atoms with Gasteiger partial charge in [0.2, 0.25) is 5.91 Å². The Morgan fingerprint density at radius 2 is 2.29 bits per heavy atom. The summed E-state index contributed by atoms with van der Waals surface area (Å²) in [5.74, 6) is -1.49. The number of nitrogens with zero attached hydrogens (tertiary/aromatic N) is 1. The molecule has 1 N–H and O–H groups in total. The Kier molecular flexibility index (Phi) is 4.65. The van der Waals surface area contributed by atoms with Gasteiger partial charge in [-0.15, -0.1) is 6.58 Å². The van der Waals surface area contributed by atoms with Crippen LogP contribution in [-0.2, 0) is 14.6 Å². The zero-order valence-corrected chi connectivity index (χ0v) is 10.5. The normalized spacial score (nSPS) is 10.9. The second kappa shape index (κ2) is 5.79. The third-order valence-corrected chi connectivity index (χ3v) is 3.50. The first-order chi connectivity index (χ1) is 7.94. The van der Waals surface area contributed by atoms with Crippen molar-refractivity contribution < 1.29 is 13.2 Å². The molecule has 7 heteroatoms. The highest BCUT2D eigenvalue weighted by Crippen LogP contribution is 2.17. The molecular formula is C10H11ClN2O3S. The Bertz CT molecular complexity index is 528. The number of anilines is 1. The molecular weight excluding hydrogens is 264 g/mol. The lowest BCUT2D eigenvalue weighted by atomic mass is 10.4. The maximum Gasteiger partial charge on any atom is 0.239 e. The SMILES string of the molecule is C=CCS(=O)(=O)CC(=O)Nc1cccnc1Cl. The molecule has 1 aromatic heterocycles. The summed E-state index contributed by atoms with van der Waals surface area (Å²) in [6.45, 7) is 3.31. The molecule has 0 saturated carbocycles. The standard InChI is InChI=1S/C10H11ClN2O3S/c1-2-6-17(15,16)7-9(14)13-8-4-3-5-12-10(8)11/h2-5H,1,6-7H2,(H,13,14). The van der Waals surface area contributed by atoms with Gasteiger partial charge < -0.3 is 5.32 Å². The van der Waals surface area contributed by atoms with Crippen molar-refractivity contribution in [3.05, 3.63) is 36.1 Å². The van der Waals surface area contributed by atoms with Crippen LogP contribution in [0.1, 0.15) is 0 Å². The molecule has 0 radical (unpaired) electrons. The summed E-state index contributed by atoms with van der Waals surface area (Å²) in [6.07, 6.45) is 2.70. The van der Waals surface area contributed by atoms with E-state index in [-0.39, 0.29) is 16.6 Å². The molecule has 0 aliphatic heterocycles. The highest BCUT2D eigenvalue weighted by atomic mass is 35.5. The average molecular weight is 275 g/mol. The molecule has 0 atom stereocenters. The third-order valence-electron chi connectivity index (χ3n) is 1.76. The number of rotatable bonds is 5. The minimum atomic E-state index is -3.46. The number of sulfone groups is 1. The molecule has 1 rings (SSSR count). The van der Waals surface area contributed by atoms with Gasteiger partial charge in [-0.3, -0.25) is 4.79 Å². The zero-order valence-electron chi connectivity index (χ0n) is 8.89. The van der Waals surface area contributed by atoms with Gasteiger partial charge in [0.1, 0.15) is 5.75 Å². The Labute approximate surface area is 104 Å². The van der Waals surface area contributed by atoms with Gasteiger partial charge in [-0.25, -0.2) is 13.4 Å². The third kappa shape index (κ3) is 4.54. The molecule has 1 amide bonds. The lowest BCUT2D eigenvalue weighted by Gasteiger charge is -2.05. The van der Waals surface area contributed by atoms with Crippen LogP contribution in [-0.4, -0.2) is 30.8 Å². The molecule has 0 saturated heterocycles. The quantitative estimate of drug-likeness (QED) is 0.648. The fraction of sp³-hybridized carbons (Fsp3) is 0.200. The molecule has 0 unspecified atom stereocenters. The van der Waals surface area contributed by atoms with E-state index < -0.39 is 21.5 Å². The smallest absolute Gasteiger partial charge is 0.239 e. The van der Waals surface area contributed by atoms with Gasteiger partial charge in [-0.2, -0.15) is 0 Å². The minimum Gasteiger partial charge on any atom is -0.323 e. The summed E-state index contributed by atoms with van der Waals surface area (Å²) >= 11 is 5.71. The van der Waals surface area contributed by atoms with Crippen LogP contribution >= 0.6 is 11.6 Å². The summed E-state index contributed by atoms with van der Waals surface area (Å²) in [7, 11) is -3.46. The van der Waals surface area contributed by atoms with Crippen molar-refractivity contribution in [1.29, 1.82) is 0 Å². The minimum absolute atomic E-state index is 0.113. The largest absolute Gasteiger partial charge is 0.323 e. The van der Waals surface area contributed by atoms with Gasteiger partial charge in [0, 0.05) is 6.20 Å². The van der Waals surface area contributed by atoms with Crippen LogP contribution in [0.25, 0.3) is 0 Å². The monoisotopic (exact) mass is 274 g/mol. The molecule has 92 valence electrons. The number of nitrogens with one attached hydrogen (secondary N) is 1. The van der Waals surface area contributed by atoms with E-state index in [1.54, 1.807) is 6.07 Å². The Balaban J connectivity index is 2.69. The second-order valence-corrected chi connectivity index (χ2v) is 5.70. The van der Waals surface area contributed by atoms with Crippen molar-refractivity contribution in [3.8, 4) is 0 Å². The number of pyridine rings is 1. The number of halogens is 1. The zero-order chi connectivity index (χ0) is 12.9. The first kappa shape index (κ1) is 13.7. The molecule has 1 heterocycles. The first-order valence-electron chi connectivity index (χ1n) is 4.66. The van der Waals surface area contributed by atoms with Gasteiger partial charge in [-0.1, -0.05) is 17.7 Å². The molecule has 0 aliphatic rings. The summed E-state index contributed by atoms with van der Waals surface area (Å²) in [4.78, 5) is 15.2. The predicted octanol–water partition coefficient (Wildman–Crippen LogP) is 1.27. The molecule has 1 aromatic rings. The van der Waals surface area contributed by atoms with Crippen molar-refractivity contribution in [2.24, 2.45) is 0 Å². The van der Waals surface area contributed by atoms with E-state index >= 15 is 0 Å².